The average Bonchev–Trinajstić information content (AvgIpc) is 2.46. The van der Waals surface area contributed by atoms with Gasteiger partial charge < -0.3 is 10.5 Å². The molecule has 0 aliphatic rings. The number of hydrogen-bond acceptors (Lipinski definition) is 5. The SMILES string of the molecule is CCOC(=O)CC([C@H]([C@@H](N)c1ccccc1)[N+](=O)[O-])C(F)(F)F. The lowest BCUT2D eigenvalue weighted by Crippen LogP contribution is -2.46. The minimum atomic E-state index is -4.96. The van der Waals surface area contributed by atoms with Crippen molar-refractivity contribution in [3.63, 3.8) is 0 Å². The molecule has 0 aromatic heterocycles. The molecule has 0 bridgehead atoms. The van der Waals surface area contributed by atoms with Crippen molar-refractivity contribution >= 4 is 5.97 Å². The minimum absolute atomic E-state index is 0.114. The topological polar surface area (TPSA) is 95.5 Å². The fourth-order valence-corrected chi connectivity index (χ4v) is 2.23. The molecule has 2 N–H and O–H groups in total. The molecule has 0 saturated heterocycles. The molecule has 1 unspecified atom stereocenters. The number of benzene rings is 1. The molecule has 0 saturated carbocycles. The second-order valence-electron chi connectivity index (χ2n) is 4.87. The van der Waals surface area contributed by atoms with Gasteiger partial charge in [0.05, 0.1) is 19.1 Å². The Kier molecular flexibility index (Phi) is 6.49. The van der Waals surface area contributed by atoms with Gasteiger partial charge in [-0.15, -0.1) is 0 Å². The minimum Gasteiger partial charge on any atom is -0.466 e. The normalized spacial score (nSPS) is 15.5. The first-order chi connectivity index (χ1) is 10.7. The van der Waals surface area contributed by atoms with Crippen LogP contribution in [0.2, 0.25) is 0 Å². The number of nitrogens with two attached hydrogens (primary N) is 1. The Balaban J connectivity index is 3.15. The van der Waals surface area contributed by atoms with Gasteiger partial charge in [0.15, 0.2) is 0 Å². The van der Waals surface area contributed by atoms with Gasteiger partial charge in [-0.2, -0.15) is 13.2 Å². The van der Waals surface area contributed by atoms with Crippen molar-refractivity contribution in [3.05, 3.63) is 46.0 Å². The molecule has 0 heterocycles. The number of nitro groups is 1. The number of esters is 1. The molecule has 9 heteroatoms. The van der Waals surface area contributed by atoms with Crippen molar-refractivity contribution in [2.24, 2.45) is 11.7 Å². The van der Waals surface area contributed by atoms with Gasteiger partial charge in [0.2, 0.25) is 6.04 Å². The summed E-state index contributed by atoms with van der Waals surface area (Å²) in [6.45, 7) is 1.32. The zero-order valence-corrected chi connectivity index (χ0v) is 12.3. The number of alkyl halides is 3. The van der Waals surface area contributed by atoms with Gasteiger partial charge in [-0.1, -0.05) is 30.3 Å². The third kappa shape index (κ3) is 5.20. The van der Waals surface area contributed by atoms with E-state index in [9.17, 15) is 28.1 Å². The van der Waals surface area contributed by atoms with E-state index in [0.29, 0.717) is 0 Å². The fourth-order valence-electron chi connectivity index (χ4n) is 2.23. The average molecular weight is 334 g/mol. The van der Waals surface area contributed by atoms with Crippen LogP contribution in [0, 0.1) is 16.0 Å². The van der Waals surface area contributed by atoms with E-state index in [1.807, 2.05) is 0 Å². The molecule has 1 aromatic carbocycles. The molecule has 0 aliphatic heterocycles. The Morgan fingerprint density at radius 3 is 2.35 bits per heavy atom. The maximum Gasteiger partial charge on any atom is 0.399 e. The lowest BCUT2D eigenvalue weighted by atomic mass is 9.87. The molecule has 1 aromatic rings. The first-order valence-electron chi connectivity index (χ1n) is 6.84. The van der Waals surface area contributed by atoms with Gasteiger partial charge in [-0.25, -0.2) is 0 Å². The molecule has 0 radical (unpaired) electrons. The standard InChI is InChI=1S/C14H17F3N2O4/c1-2-23-11(20)8-10(14(15,16)17)13(19(21)22)12(18)9-6-4-3-5-7-9/h3-7,10,12-13H,2,8,18H2,1H3/t10?,12-,13+/m0/s1. The maximum absolute atomic E-state index is 13.2. The van der Waals surface area contributed by atoms with E-state index >= 15 is 0 Å². The second kappa shape index (κ2) is 7.91. The second-order valence-corrected chi connectivity index (χ2v) is 4.87. The van der Waals surface area contributed by atoms with Crippen LogP contribution in [0.5, 0.6) is 0 Å². The Labute approximate surface area is 130 Å². The van der Waals surface area contributed by atoms with Gasteiger partial charge in [0, 0.05) is 4.92 Å². The first-order valence-corrected chi connectivity index (χ1v) is 6.84. The lowest BCUT2D eigenvalue weighted by Gasteiger charge is -2.26. The van der Waals surface area contributed by atoms with Crippen LogP contribution in [0.4, 0.5) is 13.2 Å². The molecule has 128 valence electrons. The van der Waals surface area contributed by atoms with Crippen LogP contribution < -0.4 is 5.73 Å². The van der Waals surface area contributed by atoms with Crippen LogP contribution in [-0.2, 0) is 9.53 Å². The number of hydrogen-bond donors (Lipinski definition) is 1. The summed E-state index contributed by atoms with van der Waals surface area (Å²) in [7, 11) is 0. The van der Waals surface area contributed by atoms with Crippen molar-refractivity contribution in [2.75, 3.05) is 6.61 Å². The predicted octanol–water partition coefficient (Wildman–Crippen LogP) is 2.46. The monoisotopic (exact) mass is 334 g/mol. The number of carbonyl (C=O) groups is 1. The number of carbonyl (C=O) groups excluding carboxylic acids is 1. The molecule has 0 fully saturated rings. The first kappa shape index (κ1) is 18.9. The summed E-state index contributed by atoms with van der Waals surface area (Å²) in [5, 5.41) is 11.2. The molecule has 1 rings (SSSR count). The van der Waals surface area contributed by atoms with Crippen LogP contribution >= 0.6 is 0 Å². The third-order valence-corrected chi connectivity index (χ3v) is 3.32. The molecule has 6 nitrogen and oxygen atoms in total. The van der Waals surface area contributed by atoms with E-state index in [1.54, 1.807) is 6.07 Å². The zero-order chi connectivity index (χ0) is 17.6. The summed E-state index contributed by atoms with van der Waals surface area (Å²) in [6, 6.07) is 3.74. The van der Waals surface area contributed by atoms with Gasteiger partial charge >= 0.3 is 12.1 Å². The zero-order valence-electron chi connectivity index (χ0n) is 12.3. The Morgan fingerprint density at radius 1 is 1.35 bits per heavy atom. The summed E-state index contributed by atoms with van der Waals surface area (Å²) in [6.07, 6.45) is -6.11. The highest BCUT2D eigenvalue weighted by Gasteiger charge is 2.54. The fraction of sp³-hybridized carbons (Fsp3) is 0.500. The van der Waals surface area contributed by atoms with Crippen LogP contribution in [0.25, 0.3) is 0 Å². The van der Waals surface area contributed by atoms with E-state index in [1.165, 1.54) is 31.2 Å². The summed E-state index contributed by atoms with van der Waals surface area (Å²) in [4.78, 5) is 21.5. The number of rotatable bonds is 7. The molecule has 23 heavy (non-hydrogen) atoms. The maximum atomic E-state index is 13.2. The number of ether oxygens (including phenoxy) is 1. The number of halogens is 3. The van der Waals surface area contributed by atoms with Crippen LogP contribution in [-0.4, -0.2) is 29.7 Å². The van der Waals surface area contributed by atoms with Crippen molar-refractivity contribution < 1.29 is 27.6 Å². The third-order valence-electron chi connectivity index (χ3n) is 3.32. The number of nitrogens with zero attached hydrogens (tertiary/aromatic N) is 1. The van der Waals surface area contributed by atoms with Crippen LogP contribution in [0.1, 0.15) is 24.9 Å². The largest absolute Gasteiger partial charge is 0.466 e. The van der Waals surface area contributed by atoms with Crippen molar-refractivity contribution in [1.82, 2.24) is 0 Å². The van der Waals surface area contributed by atoms with E-state index in [0.717, 1.165) is 0 Å². The van der Waals surface area contributed by atoms with Crippen LogP contribution in [0.3, 0.4) is 0 Å². The van der Waals surface area contributed by atoms with E-state index in [4.69, 9.17) is 5.73 Å². The highest BCUT2D eigenvalue weighted by molar-refractivity contribution is 5.69. The Bertz CT molecular complexity index is 537. The Morgan fingerprint density at radius 2 is 1.91 bits per heavy atom. The highest BCUT2D eigenvalue weighted by atomic mass is 19.4. The van der Waals surface area contributed by atoms with Gasteiger partial charge in [0.1, 0.15) is 5.92 Å². The van der Waals surface area contributed by atoms with Gasteiger partial charge in [0.25, 0.3) is 0 Å². The Hall–Kier alpha value is -2.16. The smallest absolute Gasteiger partial charge is 0.399 e. The summed E-state index contributed by atoms with van der Waals surface area (Å²) in [5.74, 6) is -3.69. The summed E-state index contributed by atoms with van der Waals surface area (Å²) in [5.41, 5.74) is 5.88. The van der Waals surface area contributed by atoms with E-state index in [2.05, 4.69) is 4.74 Å². The molecule has 0 amide bonds. The van der Waals surface area contributed by atoms with Crippen molar-refractivity contribution in [2.45, 2.75) is 31.6 Å². The quantitative estimate of drug-likeness (QED) is 0.469. The molecular weight excluding hydrogens is 317 g/mol. The van der Waals surface area contributed by atoms with E-state index in [-0.39, 0.29) is 12.2 Å². The van der Waals surface area contributed by atoms with Gasteiger partial charge in [-0.3, -0.25) is 14.9 Å². The molecular formula is C14H17F3N2O4. The van der Waals surface area contributed by atoms with Crippen molar-refractivity contribution in [3.8, 4) is 0 Å². The summed E-state index contributed by atoms with van der Waals surface area (Å²) >= 11 is 0. The summed E-state index contributed by atoms with van der Waals surface area (Å²) < 4.78 is 44.2. The molecule has 3 atom stereocenters. The van der Waals surface area contributed by atoms with Gasteiger partial charge in [-0.05, 0) is 12.5 Å². The van der Waals surface area contributed by atoms with Crippen molar-refractivity contribution in [1.29, 1.82) is 0 Å². The van der Waals surface area contributed by atoms with Crippen LogP contribution in [0.15, 0.2) is 30.3 Å². The highest BCUT2D eigenvalue weighted by Crippen LogP contribution is 2.37. The van der Waals surface area contributed by atoms with E-state index < -0.39 is 41.5 Å². The lowest BCUT2D eigenvalue weighted by molar-refractivity contribution is -0.546. The molecule has 0 aliphatic carbocycles. The predicted molar refractivity (Wildman–Crippen MR) is 74.9 cm³/mol. The molecule has 0 spiro atoms.